The van der Waals surface area contributed by atoms with Gasteiger partial charge in [-0.2, -0.15) is 0 Å². The average Bonchev–Trinajstić information content (AvgIpc) is 3.31. The highest BCUT2D eigenvalue weighted by Gasteiger charge is 2.23. The maximum atomic E-state index is 12.0. The van der Waals surface area contributed by atoms with Gasteiger partial charge in [-0.15, -0.1) is 24.0 Å². The fraction of sp³-hybridized carbons (Fsp3) is 0.381. The SMILES string of the molecule is CCOC(=O)N1CCN(C(=NC)NCc2ccc(NC(=O)c3ccco3)cc2)CC1.I. The van der Waals surface area contributed by atoms with Crippen molar-refractivity contribution in [1.82, 2.24) is 15.1 Å². The van der Waals surface area contributed by atoms with Gasteiger partial charge in [0.15, 0.2) is 11.7 Å². The zero-order valence-electron chi connectivity index (χ0n) is 17.7. The Kier molecular flexibility index (Phi) is 9.63. The molecule has 0 atom stereocenters. The standard InChI is InChI=1S/C21H27N5O4.HI/c1-3-29-21(28)26-12-10-25(11-13-26)20(22-2)23-15-16-6-8-17(9-7-16)24-19(27)18-5-4-14-30-18;/h4-9,14H,3,10-13,15H2,1-2H3,(H,22,23)(H,24,27);1H. The van der Waals surface area contributed by atoms with Gasteiger partial charge < -0.3 is 29.6 Å². The van der Waals surface area contributed by atoms with E-state index in [1.54, 1.807) is 31.0 Å². The molecule has 2 aromatic rings. The third kappa shape index (κ3) is 6.88. The number of nitrogens with one attached hydrogen (secondary N) is 2. The quantitative estimate of drug-likeness (QED) is 0.343. The summed E-state index contributed by atoms with van der Waals surface area (Å²) in [6.07, 6.45) is 1.20. The van der Waals surface area contributed by atoms with E-state index in [4.69, 9.17) is 9.15 Å². The maximum Gasteiger partial charge on any atom is 0.409 e. The molecule has 2 heterocycles. The molecule has 10 heteroatoms. The first kappa shape index (κ1) is 24.5. The molecular weight excluding hydrogens is 513 g/mol. The number of guanidine groups is 1. The predicted molar refractivity (Wildman–Crippen MR) is 129 cm³/mol. The summed E-state index contributed by atoms with van der Waals surface area (Å²) in [4.78, 5) is 32.0. The lowest BCUT2D eigenvalue weighted by atomic mass is 10.2. The van der Waals surface area contributed by atoms with Crippen molar-refractivity contribution in [2.24, 2.45) is 4.99 Å². The van der Waals surface area contributed by atoms with Crippen LogP contribution < -0.4 is 10.6 Å². The number of amides is 2. The van der Waals surface area contributed by atoms with E-state index < -0.39 is 0 Å². The molecule has 168 valence electrons. The molecule has 3 rings (SSSR count). The van der Waals surface area contributed by atoms with Gasteiger partial charge >= 0.3 is 6.09 Å². The van der Waals surface area contributed by atoms with Crippen LogP contribution in [0.25, 0.3) is 0 Å². The number of halogens is 1. The lowest BCUT2D eigenvalue weighted by Crippen LogP contribution is -2.53. The Morgan fingerprint density at radius 3 is 2.35 bits per heavy atom. The van der Waals surface area contributed by atoms with Gasteiger partial charge in [-0.1, -0.05) is 12.1 Å². The van der Waals surface area contributed by atoms with Crippen LogP contribution in [0.4, 0.5) is 10.5 Å². The molecule has 0 spiro atoms. The van der Waals surface area contributed by atoms with E-state index in [2.05, 4.69) is 20.5 Å². The third-order valence-electron chi connectivity index (χ3n) is 4.72. The van der Waals surface area contributed by atoms with Crippen LogP contribution in [0.2, 0.25) is 0 Å². The molecule has 9 nitrogen and oxygen atoms in total. The number of nitrogens with zero attached hydrogens (tertiary/aromatic N) is 3. The smallest absolute Gasteiger partial charge is 0.409 e. The molecule has 2 amide bonds. The monoisotopic (exact) mass is 541 g/mol. The second-order valence-corrected chi connectivity index (χ2v) is 6.70. The summed E-state index contributed by atoms with van der Waals surface area (Å²) in [5.41, 5.74) is 1.75. The Morgan fingerprint density at radius 1 is 1.10 bits per heavy atom. The highest BCUT2D eigenvalue weighted by Crippen LogP contribution is 2.12. The minimum absolute atomic E-state index is 0. The van der Waals surface area contributed by atoms with Gasteiger partial charge in [-0.05, 0) is 36.8 Å². The van der Waals surface area contributed by atoms with Crippen LogP contribution in [0, 0.1) is 0 Å². The number of hydrogen-bond acceptors (Lipinski definition) is 5. The van der Waals surface area contributed by atoms with Gasteiger partial charge in [0.2, 0.25) is 0 Å². The lowest BCUT2D eigenvalue weighted by molar-refractivity contribution is 0.0914. The molecule has 1 aromatic carbocycles. The molecule has 1 aliphatic heterocycles. The number of hydrogen-bond donors (Lipinski definition) is 2. The fourth-order valence-electron chi connectivity index (χ4n) is 3.14. The highest BCUT2D eigenvalue weighted by atomic mass is 127. The molecule has 31 heavy (non-hydrogen) atoms. The van der Waals surface area contributed by atoms with Crippen LogP contribution >= 0.6 is 24.0 Å². The lowest BCUT2D eigenvalue weighted by Gasteiger charge is -2.35. The van der Waals surface area contributed by atoms with Crippen LogP contribution in [0.1, 0.15) is 23.0 Å². The zero-order valence-corrected chi connectivity index (χ0v) is 20.0. The van der Waals surface area contributed by atoms with E-state index in [1.165, 1.54) is 6.26 Å². The van der Waals surface area contributed by atoms with Crippen molar-refractivity contribution in [1.29, 1.82) is 0 Å². The summed E-state index contributed by atoms with van der Waals surface area (Å²) < 4.78 is 10.1. The minimum Gasteiger partial charge on any atom is -0.459 e. The number of furan rings is 1. The number of rotatable bonds is 5. The molecule has 2 N–H and O–H groups in total. The van der Waals surface area contributed by atoms with E-state index in [0.29, 0.717) is 45.0 Å². The van der Waals surface area contributed by atoms with E-state index in [9.17, 15) is 9.59 Å². The third-order valence-corrected chi connectivity index (χ3v) is 4.72. The topological polar surface area (TPSA) is 99.4 Å². The van der Waals surface area contributed by atoms with Crippen LogP contribution in [0.3, 0.4) is 0 Å². The van der Waals surface area contributed by atoms with Crippen molar-refractivity contribution in [3.05, 3.63) is 54.0 Å². The maximum absolute atomic E-state index is 12.0. The highest BCUT2D eigenvalue weighted by molar-refractivity contribution is 14.0. The van der Waals surface area contributed by atoms with Gasteiger partial charge in [-0.3, -0.25) is 9.79 Å². The van der Waals surface area contributed by atoms with Crippen LogP contribution in [0.15, 0.2) is 52.1 Å². The second kappa shape index (κ2) is 12.2. The van der Waals surface area contributed by atoms with Crippen molar-refractivity contribution < 1.29 is 18.7 Å². The van der Waals surface area contributed by atoms with Crippen molar-refractivity contribution in [2.75, 3.05) is 45.2 Å². The minimum atomic E-state index is -0.284. The number of aliphatic imine (C=N–C) groups is 1. The van der Waals surface area contributed by atoms with E-state index in [1.807, 2.05) is 24.3 Å². The van der Waals surface area contributed by atoms with E-state index in [0.717, 1.165) is 11.5 Å². The van der Waals surface area contributed by atoms with Gasteiger partial charge in [0.05, 0.1) is 12.9 Å². The van der Waals surface area contributed by atoms with Crippen molar-refractivity contribution in [3.63, 3.8) is 0 Å². The van der Waals surface area contributed by atoms with Crippen LogP contribution in [-0.2, 0) is 11.3 Å². The van der Waals surface area contributed by atoms with Gasteiger partial charge in [0, 0.05) is 45.5 Å². The number of carbonyl (C=O) groups excluding carboxylic acids is 2. The number of carbonyl (C=O) groups is 2. The zero-order chi connectivity index (χ0) is 21.3. The van der Waals surface area contributed by atoms with Crippen LogP contribution in [0.5, 0.6) is 0 Å². The van der Waals surface area contributed by atoms with Crippen molar-refractivity contribution >= 4 is 47.6 Å². The number of piperazine rings is 1. The first-order valence-corrected chi connectivity index (χ1v) is 9.91. The molecule has 1 saturated heterocycles. The molecule has 1 fully saturated rings. The average molecular weight is 541 g/mol. The predicted octanol–water partition coefficient (Wildman–Crippen LogP) is 3.00. The Hall–Kier alpha value is -2.76. The van der Waals surface area contributed by atoms with E-state index >= 15 is 0 Å². The Labute approximate surface area is 198 Å². The number of anilines is 1. The summed E-state index contributed by atoms with van der Waals surface area (Å²) in [5, 5.41) is 6.14. The molecule has 0 saturated carbocycles. The first-order chi connectivity index (χ1) is 14.6. The summed E-state index contributed by atoms with van der Waals surface area (Å²) in [6.45, 7) is 5.36. The van der Waals surface area contributed by atoms with Crippen molar-refractivity contribution in [2.45, 2.75) is 13.5 Å². The summed E-state index contributed by atoms with van der Waals surface area (Å²) in [5.74, 6) is 0.773. The van der Waals surface area contributed by atoms with E-state index in [-0.39, 0.29) is 41.7 Å². The molecule has 0 radical (unpaired) electrons. The Morgan fingerprint density at radius 2 is 1.77 bits per heavy atom. The Balaban J connectivity index is 0.00000341. The van der Waals surface area contributed by atoms with Gasteiger partial charge in [-0.25, -0.2) is 4.79 Å². The van der Waals surface area contributed by atoms with Crippen LogP contribution in [-0.4, -0.2) is 67.6 Å². The number of benzene rings is 1. The van der Waals surface area contributed by atoms with Crippen molar-refractivity contribution in [3.8, 4) is 0 Å². The van der Waals surface area contributed by atoms with Gasteiger partial charge in [0.25, 0.3) is 5.91 Å². The summed E-state index contributed by atoms with van der Waals surface area (Å²) >= 11 is 0. The molecule has 1 aromatic heterocycles. The Bertz CT molecular complexity index is 862. The molecule has 0 bridgehead atoms. The normalized spacial score (nSPS) is 13.9. The first-order valence-electron chi connectivity index (χ1n) is 9.91. The molecule has 0 unspecified atom stereocenters. The fourth-order valence-corrected chi connectivity index (χ4v) is 3.14. The molecular formula is C21H28IN5O4. The number of ether oxygens (including phenoxy) is 1. The molecule has 0 aliphatic carbocycles. The second-order valence-electron chi connectivity index (χ2n) is 6.70. The largest absolute Gasteiger partial charge is 0.459 e. The summed E-state index contributed by atoms with van der Waals surface area (Å²) in [7, 11) is 1.74. The summed E-state index contributed by atoms with van der Waals surface area (Å²) in [6, 6.07) is 10.9. The molecule has 1 aliphatic rings. The van der Waals surface area contributed by atoms with Gasteiger partial charge in [0.1, 0.15) is 0 Å².